The molecule has 5 nitrogen and oxygen atoms in total. The van der Waals surface area contributed by atoms with Gasteiger partial charge >= 0.3 is 0 Å². The monoisotopic (exact) mass is 439 g/mol. The van der Waals surface area contributed by atoms with Gasteiger partial charge in [-0.15, -0.1) is 0 Å². The third-order valence-corrected chi connectivity index (χ3v) is 4.33. The Morgan fingerprint density at radius 1 is 0.893 bits per heavy atom. The van der Waals surface area contributed by atoms with Gasteiger partial charge in [0.25, 0.3) is 11.8 Å². The Balaban J connectivity index is 1.72. The average molecular weight is 440 g/mol. The summed E-state index contributed by atoms with van der Waals surface area (Å²) < 4.78 is 14.4. The van der Waals surface area contributed by atoms with Crippen LogP contribution in [0.3, 0.4) is 0 Å². The third kappa shape index (κ3) is 4.89. The summed E-state index contributed by atoms with van der Waals surface area (Å²) in [5.41, 5.74) is 3.62. The van der Waals surface area contributed by atoms with E-state index in [1.807, 2.05) is 0 Å². The molecule has 0 saturated heterocycles. The van der Waals surface area contributed by atoms with Gasteiger partial charge in [-0.3, -0.25) is 9.59 Å². The highest BCUT2D eigenvalue weighted by Gasteiger charge is 2.13. The maximum atomic E-state index is 13.6. The van der Waals surface area contributed by atoms with Gasteiger partial charge in [-0.1, -0.05) is 46.3 Å². The second-order valence-corrected chi connectivity index (χ2v) is 6.64. The van der Waals surface area contributed by atoms with Crippen LogP contribution >= 0.6 is 15.9 Å². The number of nitrogens with zero attached hydrogens (tertiary/aromatic N) is 1. The Hall–Kier alpha value is -3.32. The molecule has 0 fully saturated rings. The number of carbonyl (C=O) groups excluding carboxylic acids is 2. The first-order valence-electron chi connectivity index (χ1n) is 8.28. The zero-order chi connectivity index (χ0) is 19.9. The van der Waals surface area contributed by atoms with Gasteiger partial charge in [-0.2, -0.15) is 5.10 Å². The molecule has 0 aliphatic carbocycles. The lowest BCUT2D eigenvalue weighted by atomic mass is 10.1. The summed E-state index contributed by atoms with van der Waals surface area (Å²) in [7, 11) is 0. The van der Waals surface area contributed by atoms with Crippen LogP contribution in [0.5, 0.6) is 0 Å². The molecule has 3 aromatic carbocycles. The number of hydrogen-bond donors (Lipinski definition) is 2. The molecule has 7 heteroatoms. The van der Waals surface area contributed by atoms with E-state index in [0.29, 0.717) is 11.3 Å². The van der Waals surface area contributed by atoms with Crippen molar-refractivity contribution in [1.29, 1.82) is 0 Å². The van der Waals surface area contributed by atoms with Crippen molar-refractivity contribution in [3.05, 3.63) is 99.8 Å². The number of hydrogen-bond acceptors (Lipinski definition) is 3. The third-order valence-electron chi connectivity index (χ3n) is 3.80. The fraction of sp³-hybridized carbons (Fsp3) is 0. The van der Waals surface area contributed by atoms with Crippen molar-refractivity contribution in [2.45, 2.75) is 0 Å². The Kier molecular flexibility index (Phi) is 6.29. The smallest absolute Gasteiger partial charge is 0.273 e. The summed E-state index contributed by atoms with van der Waals surface area (Å²) in [5.74, 6) is -1.32. The van der Waals surface area contributed by atoms with Crippen LogP contribution in [-0.4, -0.2) is 18.0 Å². The molecule has 0 unspecified atom stereocenters. The van der Waals surface area contributed by atoms with E-state index in [1.165, 1.54) is 18.3 Å². The van der Waals surface area contributed by atoms with Gasteiger partial charge in [0.1, 0.15) is 5.82 Å². The lowest BCUT2D eigenvalue weighted by molar-refractivity contribution is 0.0956. The Morgan fingerprint density at radius 3 is 2.32 bits per heavy atom. The average Bonchev–Trinajstić information content (AvgIpc) is 2.70. The number of rotatable bonds is 5. The van der Waals surface area contributed by atoms with Crippen LogP contribution in [-0.2, 0) is 0 Å². The standard InChI is InChI=1S/C21H15BrFN3O2/c22-16-11-9-14(10-12-16)20(27)25-19-8-4-2-6-17(19)21(28)26-24-13-15-5-1-3-7-18(15)23/h1-13H,(H,25,27)(H,26,28)/b24-13+. The number of hydrazone groups is 1. The summed E-state index contributed by atoms with van der Waals surface area (Å²) in [6, 6.07) is 19.5. The largest absolute Gasteiger partial charge is 0.321 e. The highest BCUT2D eigenvalue weighted by molar-refractivity contribution is 9.10. The van der Waals surface area contributed by atoms with Gasteiger partial charge < -0.3 is 5.32 Å². The van der Waals surface area contributed by atoms with E-state index in [9.17, 15) is 14.0 Å². The Bertz CT molecular complexity index is 1040. The predicted octanol–water partition coefficient (Wildman–Crippen LogP) is 4.60. The van der Waals surface area contributed by atoms with Crippen molar-refractivity contribution < 1.29 is 14.0 Å². The molecule has 0 aliphatic heterocycles. The van der Waals surface area contributed by atoms with Gasteiger partial charge in [0.05, 0.1) is 17.5 Å². The minimum atomic E-state index is -0.528. The van der Waals surface area contributed by atoms with Crippen LogP contribution in [0, 0.1) is 5.82 Å². The van der Waals surface area contributed by atoms with Crippen molar-refractivity contribution in [2.24, 2.45) is 5.10 Å². The number of anilines is 1. The van der Waals surface area contributed by atoms with Gasteiger partial charge in [-0.05, 0) is 42.5 Å². The molecule has 3 rings (SSSR count). The van der Waals surface area contributed by atoms with Crippen molar-refractivity contribution in [3.63, 3.8) is 0 Å². The van der Waals surface area contributed by atoms with Crippen molar-refractivity contribution in [1.82, 2.24) is 5.43 Å². The first kappa shape index (κ1) is 19.4. The van der Waals surface area contributed by atoms with Gasteiger partial charge in [0.2, 0.25) is 0 Å². The molecule has 28 heavy (non-hydrogen) atoms. The number of benzene rings is 3. The fourth-order valence-electron chi connectivity index (χ4n) is 2.39. The fourth-order valence-corrected chi connectivity index (χ4v) is 2.65. The SMILES string of the molecule is O=C(Nc1ccccc1C(=O)N/N=C/c1ccccc1F)c1ccc(Br)cc1. The molecule has 0 aliphatic rings. The summed E-state index contributed by atoms with van der Waals surface area (Å²) in [6.45, 7) is 0. The molecular formula is C21H15BrFN3O2. The second kappa shape index (κ2) is 9.05. The van der Waals surface area contributed by atoms with E-state index in [0.717, 1.165) is 4.47 Å². The highest BCUT2D eigenvalue weighted by atomic mass is 79.9. The zero-order valence-corrected chi connectivity index (χ0v) is 16.1. The molecule has 0 bridgehead atoms. The topological polar surface area (TPSA) is 70.6 Å². The molecule has 0 spiro atoms. The number of para-hydroxylation sites is 1. The molecule has 0 heterocycles. The lowest BCUT2D eigenvalue weighted by Gasteiger charge is -2.10. The van der Waals surface area contributed by atoms with Gasteiger partial charge in [0.15, 0.2) is 0 Å². The minimum absolute atomic E-state index is 0.235. The minimum Gasteiger partial charge on any atom is -0.321 e. The summed E-state index contributed by atoms with van der Waals surface area (Å²) in [6.07, 6.45) is 1.22. The Labute approximate surface area is 169 Å². The van der Waals surface area contributed by atoms with Crippen LogP contribution in [0.4, 0.5) is 10.1 Å². The van der Waals surface area contributed by atoms with E-state index in [4.69, 9.17) is 0 Å². The second-order valence-electron chi connectivity index (χ2n) is 5.73. The summed E-state index contributed by atoms with van der Waals surface area (Å²) in [4.78, 5) is 24.8. The lowest BCUT2D eigenvalue weighted by Crippen LogP contribution is -2.21. The van der Waals surface area contributed by atoms with E-state index in [2.05, 4.69) is 31.8 Å². The van der Waals surface area contributed by atoms with Gasteiger partial charge in [-0.25, -0.2) is 9.82 Å². The quantitative estimate of drug-likeness (QED) is 0.450. The van der Waals surface area contributed by atoms with E-state index >= 15 is 0 Å². The molecule has 0 saturated carbocycles. The van der Waals surface area contributed by atoms with Crippen molar-refractivity contribution in [3.8, 4) is 0 Å². The van der Waals surface area contributed by atoms with Crippen LogP contribution in [0.15, 0.2) is 82.4 Å². The van der Waals surface area contributed by atoms with E-state index in [1.54, 1.807) is 60.7 Å². The number of halogens is 2. The molecule has 3 aromatic rings. The molecule has 2 amide bonds. The number of amides is 2. The predicted molar refractivity (Wildman–Crippen MR) is 110 cm³/mol. The zero-order valence-electron chi connectivity index (χ0n) is 14.5. The van der Waals surface area contributed by atoms with Crippen molar-refractivity contribution >= 4 is 39.6 Å². The number of nitrogens with one attached hydrogen (secondary N) is 2. The molecule has 140 valence electrons. The van der Waals surface area contributed by atoms with Crippen molar-refractivity contribution in [2.75, 3.05) is 5.32 Å². The molecule has 2 N–H and O–H groups in total. The van der Waals surface area contributed by atoms with Crippen LogP contribution in [0.25, 0.3) is 0 Å². The molecule has 0 aromatic heterocycles. The van der Waals surface area contributed by atoms with Gasteiger partial charge in [0, 0.05) is 15.6 Å². The first-order valence-corrected chi connectivity index (χ1v) is 9.08. The molecular weight excluding hydrogens is 425 g/mol. The molecule has 0 radical (unpaired) electrons. The van der Waals surface area contributed by atoms with Crippen LogP contribution < -0.4 is 10.7 Å². The highest BCUT2D eigenvalue weighted by Crippen LogP contribution is 2.17. The Morgan fingerprint density at radius 2 is 1.57 bits per heavy atom. The van der Waals surface area contributed by atoms with Crippen LogP contribution in [0.1, 0.15) is 26.3 Å². The van der Waals surface area contributed by atoms with E-state index in [-0.39, 0.29) is 17.0 Å². The van der Waals surface area contributed by atoms with E-state index < -0.39 is 11.7 Å². The summed E-state index contributed by atoms with van der Waals surface area (Å²) in [5, 5.41) is 6.50. The number of carbonyl (C=O) groups is 2. The first-order chi connectivity index (χ1) is 13.5. The molecule has 0 atom stereocenters. The van der Waals surface area contributed by atoms with Crippen LogP contribution in [0.2, 0.25) is 0 Å². The maximum Gasteiger partial charge on any atom is 0.273 e. The maximum absolute atomic E-state index is 13.6. The summed E-state index contributed by atoms with van der Waals surface area (Å²) >= 11 is 3.32. The normalized spacial score (nSPS) is 10.6.